The number of hydrogen-bond acceptors (Lipinski definition) is 4. The first-order chi connectivity index (χ1) is 12.8. The molecule has 140 valence electrons. The van der Waals surface area contributed by atoms with E-state index < -0.39 is 12.6 Å². The van der Waals surface area contributed by atoms with E-state index in [1.54, 1.807) is 0 Å². The first-order valence-electron chi connectivity index (χ1n) is 8.54. The van der Waals surface area contributed by atoms with Crippen LogP contribution in [0.1, 0.15) is 37.5 Å². The number of oxime groups is 1. The van der Waals surface area contributed by atoms with Crippen LogP contribution in [0.25, 0.3) is 0 Å². The number of nitrogens with zero attached hydrogens (tertiary/aromatic N) is 1. The maximum absolute atomic E-state index is 10.3. The van der Waals surface area contributed by atoms with Gasteiger partial charge >= 0.3 is 5.97 Å². The molecule has 0 unspecified atom stereocenters. The molecule has 0 aliphatic rings. The van der Waals surface area contributed by atoms with Gasteiger partial charge in [0.15, 0.2) is 0 Å². The molecule has 0 heterocycles. The van der Waals surface area contributed by atoms with Crippen LogP contribution < -0.4 is 4.74 Å². The molecule has 2 aromatic rings. The highest BCUT2D eigenvalue weighted by molar-refractivity contribution is 5.79. The standard InChI is InChI=1S/C22H23NO4/c1-22(2,3)19-10-12-20(13-11-19)26-14-4-5-17-6-8-18(9-7-17)15-23-27-16-21(24)25/h6-13,15H,14,16H2,1-3H3,(H,24,25). The molecule has 0 aromatic heterocycles. The molecule has 0 aliphatic heterocycles. The lowest BCUT2D eigenvalue weighted by molar-refractivity contribution is -0.142. The van der Waals surface area contributed by atoms with Crippen molar-refractivity contribution in [1.82, 2.24) is 0 Å². The topological polar surface area (TPSA) is 68.1 Å². The van der Waals surface area contributed by atoms with E-state index in [4.69, 9.17) is 9.84 Å². The minimum absolute atomic E-state index is 0.123. The average molecular weight is 365 g/mol. The second-order valence-electron chi connectivity index (χ2n) is 6.89. The lowest BCUT2D eigenvalue weighted by Gasteiger charge is -2.18. The Kier molecular flexibility index (Phi) is 7.01. The third-order valence-corrected chi connectivity index (χ3v) is 3.64. The molecule has 0 saturated carbocycles. The minimum atomic E-state index is -1.06. The van der Waals surface area contributed by atoms with Gasteiger partial charge in [0, 0.05) is 5.56 Å². The molecule has 0 saturated heterocycles. The van der Waals surface area contributed by atoms with E-state index in [9.17, 15) is 4.79 Å². The summed E-state index contributed by atoms with van der Waals surface area (Å²) in [5.41, 5.74) is 3.03. The molecule has 0 aliphatic carbocycles. The van der Waals surface area contributed by atoms with Gasteiger partial charge in [0.05, 0.1) is 6.21 Å². The van der Waals surface area contributed by atoms with E-state index in [2.05, 4.69) is 54.7 Å². The Hall–Kier alpha value is -3.26. The van der Waals surface area contributed by atoms with Crippen LogP contribution in [0, 0.1) is 11.8 Å². The van der Waals surface area contributed by atoms with Crippen molar-refractivity contribution < 1.29 is 19.5 Å². The van der Waals surface area contributed by atoms with Crippen LogP contribution in [0.5, 0.6) is 5.75 Å². The zero-order chi connectivity index (χ0) is 19.7. The van der Waals surface area contributed by atoms with Gasteiger partial charge in [0.25, 0.3) is 0 Å². The van der Waals surface area contributed by atoms with Crippen molar-refractivity contribution in [2.24, 2.45) is 5.16 Å². The quantitative estimate of drug-likeness (QED) is 0.480. The van der Waals surface area contributed by atoms with E-state index in [-0.39, 0.29) is 5.41 Å². The number of carbonyl (C=O) groups is 1. The first kappa shape index (κ1) is 20.1. The molecular formula is C22H23NO4. The minimum Gasteiger partial charge on any atom is -0.481 e. The van der Waals surface area contributed by atoms with Gasteiger partial charge in [-0.3, -0.25) is 0 Å². The fourth-order valence-electron chi connectivity index (χ4n) is 2.15. The highest BCUT2D eigenvalue weighted by Gasteiger charge is 2.12. The van der Waals surface area contributed by atoms with Crippen molar-refractivity contribution in [3.8, 4) is 17.6 Å². The fraction of sp³-hybridized carbons (Fsp3) is 0.273. The van der Waals surface area contributed by atoms with Crippen molar-refractivity contribution in [3.63, 3.8) is 0 Å². The Morgan fingerprint density at radius 2 is 1.78 bits per heavy atom. The van der Waals surface area contributed by atoms with Gasteiger partial charge in [-0.25, -0.2) is 4.79 Å². The van der Waals surface area contributed by atoms with E-state index in [0.29, 0.717) is 6.61 Å². The van der Waals surface area contributed by atoms with Crippen LogP contribution in [0.4, 0.5) is 0 Å². The maximum atomic E-state index is 10.3. The second kappa shape index (κ2) is 9.44. The molecule has 27 heavy (non-hydrogen) atoms. The average Bonchev–Trinajstić information content (AvgIpc) is 2.63. The maximum Gasteiger partial charge on any atom is 0.344 e. The lowest BCUT2D eigenvalue weighted by atomic mass is 9.87. The monoisotopic (exact) mass is 365 g/mol. The summed E-state index contributed by atoms with van der Waals surface area (Å²) in [6.45, 7) is 6.37. The number of aliphatic carboxylic acids is 1. The molecule has 0 bridgehead atoms. The Morgan fingerprint density at radius 3 is 2.37 bits per heavy atom. The smallest absolute Gasteiger partial charge is 0.344 e. The number of carboxylic acid groups (broad SMARTS) is 1. The predicted molar refractivity (Wildman–Crippen MR) is 105 cm³/mol. The summed E-state index contributed by atoms with van der Waals surface area (Å²) in [6, 6.07) is 15.4. The van der Waals surface area contributed by atoms with Crippen molar-refractivity contribution >= 4 is 12.2 Å². The van der Waals surface area contributed by atoms with Crippen molar-refractivity contribution in [2.45, 2.75) is 26.2 Å². The number of rotatable bonds is 6. The van der Waals surface area contributed by atoms with Gasteiger partial charge in [0.2, 0.25) is 6.61 Å². The highest BCUT2D eigenvalue weighted by Crippen LogP contribution is 2.24. The van der Waals surface area contributed by atoms with Crippen molar-refractivity contribution in [2.75, 3.05) is 13.2 Å². The largest absolute Gasteiger partial charge is 0.481 e. The summed E-state index contributed by atoms with van der Waals surface area (Å²) < 4.78 is 5.64. The summed E-state index contributed by atoms with van der Waals surface area (Å²) in [5.74, 6) is 5.75. The van der Waals surface area contributed by atoms with Gasteiger partial charge in [-0.1, -0.05) is 62.0 Å². The summed E-state index contributed by atoms with van der Waals surface area (Å²) in [6.07, 6.45) is 1.45. The molecule has 2 aromatic carbocycles. The predicted octanol–water partition coefficient (Wildman–Crippen LogP) is 3.85. The van der Waals surface area contributed by atoms with Crippen molar-refractivity contribution in [3.05, 3.63) is 65.2 Å². The SMILES string of the molecule is CC(C)(C)c1ccc(OCC#Cc2ccc(C=NOCC(=O)O)cc2)cc1. The summed E-state index contributed by atoms with van der Waals surface area (Å²) in [4.78, 5) is 14.9. The summed E-state index contributed by atoms with van der Waals surface area (Å²) >= 11 is 0. The molecular weight excluding hydrogens is 342 g/mol. The molecule has 0 amide bonds. The molecule has 5 nitrogen and oxygen atoms in total. The van der Waals surface area contributed by atoms with Crippen molar-refractivity contribution in [1.29, 1.82) is 0 Å². The number of hydrogen-bond donors (Lipinski definition) is 1. The Labute approximate surface area is 159 Å². The van der Waals surface area contributed by atoms with E-state index in [0.717, 1.165) is 16.9 Å². The van der Waals surface area contributed by atoms with Crippen LogP contribution in [0.2, 0.25) is 0 Å². The Balaban J connectivity index is 1.83. The van der Waals surface area contributed by atoms with E-state index in [1.807, 2.05) is 36.4 Å². The Morgan fingerprint density at radius 1 is 1.11 bits per heavy atom. The molecule has 2 rings (SSSR count). The van der Waals surface area contributed by atoms with Gasteiger partial charge in [-0.2, -0.15) is 0 Å². The third-order valence-electron chi connectivity index (χ3n) is 3.64. The van der Waals surface area contributed by atoms with Gasteiger partial charge in [0.1, 0.15) is 12.4 Å². The number of ether oxygens (including phenoxy) is 1. The van der Waals surface area contributed by atoms with Gasteiger partial charge in [-0.05, 0) is 40.8 Å². The molecule has 1 N–H and O–H groups in total. The van der Waals surface area contributed by atoms with Crippen LogP contribution in [-0.2, 0) is 15.0 Å². The second-order valence-corrected chi connectivity index (χ2v) is 6.89. The summed E-state index contributed by atoms with van der Waals surface area (Å²) in [5, 5.41) is 12.0. The molecule has 0 spiro atoms. The zero-order valence-electron chi connectivity index (χ0n) is 15.7. The normalized spacial score (nSPS) is 10.9. The molecule has 0 fully saturated rings. The lowest BCUT2D eigenvalue weighted by Crippen LogP contribution is -2.10. The fourth-order valence-corrected chi connectivity index (χ4v) is 2.15. The van der Waals surface area contributed by atoms with Crippen LogP contribution in [0.3, 0.4) is 0 Å². The number of benzene rings is 2. The Bertz CT molecular complexity index is 835. The molecule has 0 radical (unpaired) electrons. The van der Waals surface area contributed by atoms with Crippen LogP contribution >= 0.6 is 0 Å². The van der Waals surface area contributed by atoms with Gasteiger partial charge in [-0.15, -0.1) is 0 Å². The number of carboxylic acids is 1. The van der Waals surface area contributed by atoms with E-state index in [1.165, 1.54) is 11.8 Å². The van der Waals surface area contributed by atoms with Crippen LogP contribution in [0.15, 0.2) is 53.7 Å². The first-order valence-corrected chi connectivity index (χ1v) is 8.54. The molecule has 0 atom stereocenters. The van der Waals surface area contributed by atoms with Crippen LogP contribution in [-0.4, -0.2) is 30.5 Å². The van der Waals surface area contributed by atoms with E-state index >= 15 is 0 Å². The highest BCUT2D eigenvalue weighted by atomic mass is 16.6. The molecule has 5 heteroatoms. The zero-order valence-corrected chi connectivity index (χ0v) is 15.7. The third kappa shape index (κ3) is 7.25. The van der Waals surface area contributed by atoms with Gasteiger partial charge < -0.3 is 14.7 Å². The summed E-state index contributed by atoms with van der Waals surface area (Å²) in [7, 11) is 0.